The lowest BCUT2D eigenvalue weighted by Gasteiger charge is -2.19. The minimum absolute atomic E-state index is 0.112. The minimum Gasteiger partial charge on any atom is -0.495 e. The molecule has 1 atom stereocenters. The number of methoxy groups -OCH3 is 1. The molecule has 6 heteroatoms. The Morgan fingerprint density at radius 3 is 2.83 bits per heavy atom. The Kier molecular flexibility index (Phi) is 3.56. The van der Waals surface area contributed by atoms with Crippen LogP contribution < -0.4 is 15.4 Å². The number of ether oxygens (including phenoxy) is 1. The molecule has 1 saturated heterocycles. The van der Waals surface area contributed by atoms with E-state index in [4.69, 9.17) is 10.5 Å². The number of rotatable bonds is 3. The van der Waals surface area contributed by atoms with Crippen LogP contribution in [-0.4, -0.2) is 25.5 Å². The molecule has 0 saturated carbocycles. The number of halogens is 1. The van der Waals surface area contributed by atoms with Crippen molar-refractivity contribution in [3.63, 3.8) is 0 Å². The molecule has 5 nitrogen and oxygen atoms in total. The van der Waals surface area contributed by atoms with Gasteiger partial charge in [0.25, 0.3) is 0 Å². The van der Waals surface area contributed by atoms with Crippen LogP contribution in [0.1, 0.15) is 6.42 Å². The molecule has 18 heavy (non-hydrogen) atoms. The number of nitrogens with two attached hydrogens (primary N) is 1. The van der Waals surface area contributed by atoms with Crippen molar-refractivity contribution in [3.8, 4) is 5.75 Å². The van der Waals surface area contributed by atoms with Crippen LogP contribution in [0.3, 0.4) is 0 Å². The van der Waals surface area contributed by atoms with Crippen molar-refractivity contribution >= 4 is 33.4 Å². The molecule has 0 aliphatic carbocycles. The number of carbonyl (C=O) groups excluding carboxylic acids is 2. The van der Waals surface area contributed by atoms with Crippen molar-refractivity contribution in [2.24, 2.45) is 11.7 Å². The highest BCUT2D eigenvalue weighted by molar-refractivity contribution is 9.10. The maximum Gasteiger partial charge on any atom is 0.227 e. The van der Waals surface area contributed by atoms with Crippen LogP contribution in [0.15, 0.2) is 22.7 Å². The van der Waals surface area contributed by atoms with Gasteiger partial charge in [-0.3, -0.25) is 9.59 Å². The number of primary amides is 1. The van der Waals surface area contributed by atoms with Crippen LogP contribution in [0.5, 0.6) is 5.75 Å². The van der Waals surface area contributed by atoms with Crippen LogP contribution in [0.2, 0.25) is 0 Å². The summed E-state index contributed by atoms with van der Waals surface area (Å²) in [6.45, 7) is 0.312. The summed E-state index contributed by atoms with van der Waals surface area (Å²) in [4.78, 5) is 24.6. The topological polar surface area (TPSA) is 72.6 Å². The first-order chi connectivity index (χ1) is 8.52. The third-order valence-corrected chi connectivity index (χ3v) is 3.45. The fourth-order valence-corrected chi connectivity index (χ4v) is 2.35. The predicted molar refractivity (Wildman–Crippen MR) is 70.3 cm³/mol. The van der Waals surface area contributed by atoms with Gasteiger partial charge in [-0.05, 0) is 18.2 Å². The lowest BCUT2D eigenvalue weighted by molar-refractivity contribution is -0.123. The molecular formula is C12H13BrN2O3. The highest BCUT2D eigenvalue weighted by atomic mass is 79.9. The standard InChI is InChI=1S/C12H13BrN2O3/c1-18-10-5-8(13)2-3-9(10)15-6-7(12(14)17)4-11(15)16/h2-3,5,7H,4,6H2,1H3,(H2,14,17)/t7-/m0/s1. The maximum atomic E-state index is 11.9. The van der Waals surface area contributed by atoms with E-state index >= 15 is 0 Å². The second-order valence-corrected chi connectivity index (χ2v) is 5.04. The van der Waals surface area contributed by atoms with Crippen molar-refractivity contribution < 1.29 is 14.3 Å². The molecule has 0 bridgehead atoms. The van der Waals surface area contributed by atoms with E-state index in [9.17, 15) is 9.59 Å². The summed E-state index contributed by atoms with van der Waals surface area (Å²) < 4.78 is 6.10. The Hall–Kier alpha value is -1.56. The average molecular weight is 313 g/mol. The van der Waals surface area contributed by atoms with E-state index in [1.165, 1.54) is 7.11 Å². The summed E-state index contributed by atoms with van der Waals surface area (Å²) in [6.07, 6.45) is 0.161. The summed E-state index contributed by atoms with van der Waals surface area (Å²) in [5, 5.41) is 0. The zero-order chi connectivity index (χ0) is 13.3. The van der Waals surface area contributed by atoms with Gasteiger partial charge in [0.15, 0.2) is 0 Å². The molecule has 96 valence electrons. The number of nitrogens with zero attached hydrogens (tertiary/aromatic N) is 1. The third-order valence-electron chi connectivity index (χ3n) is 2.96. The summed E-state index contributed by atoms with van der Waals surface area (Å²) in [7, 11) is 1.54. The van der Waals surface area contributed by atoms with Gasteiger partial charge in [-0.2, -0.15) is 0 Å². The van der Waals surface area contributed by atoms with Gasteiger partial charge < -0.3 is 15.4 Å². The molecule has 2 amide bonds. The second kappa shape index (κ2) is 4.97. The first-order valence-corrected chi connectivity index (χ1v) is 6.25. The second-order valence-electron chi connectivity index (χ2n) is 4.12. The number of benzene rings is 1. The van der Waals surface area contributed by atoms with E-state index < -0.39 is 11.8 Å². The maximum absolute atomic E-state index is 11.9. The summed E-state index contributed by atoms with van der Waals surface area (Å²) in [5.41, 5.74) is 5.90. The fourth-order valence-electron chi connectivity index (χ4n) is 2.01. The highest BCUT2D eigenvalue weighted by Crippen LogP contribution is 2.34. The van der Waals surface area contributed by atoms with Crippen molar-refractivity contribution in [2.45, 2.75) is 6.42 Å². The lowest BCUT2D eigenvalue weighted by Crippen LogP contribution is -2.28. The van der Waals surface area contributed by atoms with E-state index in [1.54, 1.807) is 17.0 Å². The van der Waals surface area contributed by atoms with Gasteiger partial charge in [0.2, 0.25) is 11.8 Å². The molecule has 1 heterocycles. The Bertz CT molecular complexity index is 504. The Labute approximate surface area is 113 Å². The van der Waals surface area contributed by atoms with Crippen molar-refractivity contribution in [2.75, 3.05) is 18.6 Å². The van der Waals surface area contributed by atoms with Gasteiger partial charge in [0, 0.05) is 17.4 Å². The van der Waals surface area contributed by atoms with Crippen molar-refractivity contribution in [1.82, 2.24) is 0 Å². The largest absolute Gasteiger partial charge is 0.495 e. The van der Waals surface area contributed by atoms with E-state index in [1.807, 2.05) is 6.07 Å². The lowest BCUT2D eigenvalue weighted by atomic mass is 10.1. The summed E-state index contributed by atoms with van der Waals surface area (Å²) in [5.74, 6) is -0.393. The van der Waals surface area contributed by atoms with Gasteiger partial charge >= 0.3 is 0 Å². The molecule has 0 unspecified atom stereocenters. The number of hydrogen-bond donors (Lipinski definition) is 1. The normalized spacial score (nSPS) is 19.1. The Morgan fingerprint density at radius 2 is 2.28 bits per heavy atom. The average Bonchev–Trinajstić information content (AvgIpc) is 2.71. The summed E-state index contributed by atoms with van der Waals surface area (Å²) >= 11 is 3.34. The molecule has 1 aromatic rings. The van der Waals surface area contributed by atoms with Gasteiger partial charge in [0.05, 0.1) is 18.7 Å². The predicted octanol–water partition coefficient (Wildman–Crippen LogP) is 1.30. The fraction of sp³-hybridized carbons (Fsp3) is 0.333. The quantitative estimate of drug-likeness (QED) is 0.914. The molecule has 1 fully saturated rings. The number of anilines is 1. The highest BCUT2D eigenvalue weighted by Gasteiger charge is 2.35. The van der Waals surface area contributed by atoms with Gasteiger partial charge in [-0.15, -0.1) is 0 Å². The number of amides is 2. The molecule has 0 aromatic heterocycles. The number of hydrogen-bond acceptors (Lipinski definition) is 3. The van der Waals surface area contributed by atoms with E-state index in [2.05, 4.69) is 15.9 Å². The SMILES string of the molecule is COc1cc(Br)ccc1N1C[C@@H](C(N)=O)CC1=O. The monoisotopic (exact) mass is 312 g/mol. The Morgan fingerprint density at radius 1 is 1.56 bits per heavy atom. The van der Waals surface area contributed by atoms with Crippen LogP contribution >= 0.6 is 15.9 Å². The van der Waals surface area contributed by atoms with E-state index in [0.29, 0.717) is 18.0 Å². The van der Waals surface area contributed by atoms with Gasteiger partial charge in [-0.25, -0.2) is 0 Å². The van der Waals surface area contributed by atoms with Crippen molar-refractivity contribution in [1.29, 1.82) is 0 Å². The Balaban J connectivity index is 2.32. The van der Waals surface area contributed by atoms with Crippen molar-refractivity contribution in [3.05, 3.63) is 22.7 Å². The zero-order valence-corrected chi connectivity index (χ0v) is 11.4. The number of carbonyl (C=O) groups is 2. The molecular weight excluding hydrogens is 300 g/mol. The zero-order valence-electron chi connectivity index (χ0n) is 9.85. The van der Waals surface area contributed by atoms with Gasteiger partial charge in [-0.1, -0.05) is 15.9 Å². The summed E-state index contributed by atoms with van der Waals surface area (Å²) in [6, 6.07) is 5.38. The van der Waals surface area contributed by atoms with Crippen LogP contribution in [0.4, 0.5) is 5.69 Å². The first-order valence-electron chi connectivity index (χ1n) is 5.46. The first kappa shape index (κ1) is 12.9. The molecule has 1 aromatic carbocycles. The smallest absolute Gasteiger partial charge is 0.227 e. The van der Waals surface area contributed by atoms with Gasteiger partial charge in [0.1, 0.15) is 5.75 Å². The van der Waals surface area contributed by atoms with Crippen LogP contribution in [0, 0.1) is 5.92 Å². The van der Waals surface area contributed by atoms with Crippen LogP contribution in [0.25, 0.3) is 0 Å². The van der Waals surface area contributed by atoms with Crippen LogP contribution in [-0.2, 0) is 9.59 Å². The minimum atomic E-state index is -0.443. The molecule has 1 aliphatic heterocycles. The molecule has 2 N–H and O–H groups in total. The van der Waals surface area contributed by atoms with E-state index in [-0.39, 0.29) is 12.3 Å². The van der Waals surface area contributed by atoms with E-state index in [0.717, 1.165) is 4.47 Å². The third kappa shape index (κ3) is 2.33. The molecule has 2 rings (SSSR count). The molecule has 0 radical (unpaired) electrons. The molecule has 0 spiro atoms. The molecule has 1 aliphatic rings.